The van der Waals surface area contributed by atoms with E-state index in [1.54, 1.807) is 37.3 Å². The van der Waals surface area contributed by atoms with Gasteiger partial charge in [-0.15, -0.1) is 0 Å². The van der Waals surface area contributed by atoms with E-state index < -0.39 is 5.69 Å². The van der Waals surface area contributed by atoms with Gasteiger partial charge in [0, 0.05) is 23.2 Å². The highest BCUT2D eigenvalue weighted by Gasteiger charge is 2.15. The molecule has 0 radical (unpaired) electrons. The van der Waals surface area contributed by atoms with E-state index in [9.17, 15) is 9.18 Å². The molecule has 0 aliphatic heterocycles. The van der Waals surface area contributed by atoms with Crippen molar-refractivity contribution in [2.45, 2.75) is 13.5 Å². The van der Waals surface area contributed by atoms with E-state index in [1.807, 2.05) is 0 Å². The lowest BCUT2D eigenvalue weighted by Gasteiger charge is -2.13. The molecule has 0 amide bonds. The van der Waals surface area contributed by atoms with E-state index in [0.717, 1.165) is 9.36 Å². The number of aryl methyl sites for hydroxylation is 1. The van der Waals surface area contributed by atoms with Crippen molar-refractivity contribution in [1.82, 2.24) is 19.8 Å². The first-order valence-electron chi connectivity index (χ1n) is 7.13. The van der Waals surface area contributed by atoms with Gasteiger partial charge in [0.15, 0.2) is 0 Å². The summed E-state index contributed by atoms with van der Waals surface area (Å²) in [6.07, 6.45) is 0. The van der Waals surface area contributed by atoms with Gasteiger partial charge in [0.05, 0.1) is 5.69 Å². The minimum Gasteiger partial charge on any atom is -0.488 e. The minimum atomic E-state index is -0.402. The first kappa shape index (κ1) is 16.2. The summed E-state index contributed by atoms with van der Waals surface area (Å²) >= 11 is 6.25. The maximum Gasteiger partial charge on any atom is 0.368 e. The smallest absolute Gasteiger partial charge is 0.368 e. The number of aromatic nitrogens is 4. The van der Waals surface area contributed by atoms with Gasteiger partial charge in [-0.3, -0.25) is 0 Å². The average molecular weight is 349 g/mol. The standard InChI is InChI=1S/C16H14ClFN4O2/c1-10-13(18)6-4-8-15(10)24-9-11-12(17)5-3-7-14(11)22-16(23)21(2)19-20-22/h3-8H,9H2,1-2H3. The molecule has 0 bridgehead atoms. The van der Waals surface area contributed by atoms with Crippen LogP contribution in [0.5, 0.6) is 5.75 Å². The summed E-state index contributed by atoms with van der Waals surface area (Å²) in [6.45, 7) is 1.69. The Hall–Kier alpha value is -2.67. The van der Waals surface area contributed by atoms with Crippen molar-refractivity contribution in [3.63, 3.8) is 0 Å². The highest BCUT2D eigenvalue weighted by Crippen LogP contribution is 2.26. The molecule has 0 saturated heterocycles. The normalized spacial score (nSPS) is 10.8. The van der Waals surface area contributed by atoms with Crippen molar-refractivity contribution in [2.75, 3.05) is 0 Å². The minimum absolute atomic E-state index is 0.0579. The van der Waals surface area contributed by atoms with Crippen LogP contribution < -0.4 is 10.4 Å². The molecule has 2 aromatic carbocycles. The van der Waals surface area contributed by atoms with Crippen LogP contribution in [0, 0.1) is 12.7 Å². The molecular weight excluding hydrogens is 335 g/mol. The zero-order chi connectivity index (χ0) is 17.3. The summed E-state index contributed by atoms with van der Waals surface area (Å²) in [6, 6.07) is 9.68. The third-order valence-electron chi connectivity index (χ3n) is 3.63. The molecule has 24 heavy (non-hydrogen) atoms. The summed E-state index contributed by atoms with van der Waals surface area (Å²) in [5, 5.41) is 7.92. The topological polar surface area (TPSA) is 61.9 Å². The second-order valence-corrected chi connectivity index (χ2v) is 5.59. The van der Waals surface area contributed by atoms with Gasteiger partial charge in [0.2, 0.25) is 0 Å². The zero-order valence-electron chi connectivity index (χ0n) is 13.0. The predicted molar refractivity (Wildman–Crippen MR) is 87.1 cm³/mol. The first-order chi connectivity index (χ1) is 11.5. The number of hydrogen-bond acceptors (Lipinski definition) is 4. The van der Waals surface area contributed by atoms with E-state index in [-0.39, 0.29) is 12.4 Å². The zero-order valence-corrected chi connectivity index (χ0v) is 13.8. The van der Waals surface area contributed by atoms with Crippen molar-refractivity contribution in [1.29, 1.82) is 0 Å². The van der Waals surface area contributed by atoms with Crippen molar-refractivity contribution in [3.8, 4) is 11.4 Å². The molecule has 0 saturated carbocycles. The molecule has 6 nitrogen and oxygen atoms in total. The molecule has 0 aliphatic carbocycles. The Kier molecular flexibility index (Phi) is 4.35. The van der Waals surface area contributed by atoms with E-state index in [1.165, 1.54) is 13.1 Å². The van der Waals surface area contributed by atoms with Gasteiger partial charge in [-0.1, -0.05) is 23.7 Å². The molecule has 1 aromatic heterocycles. The van der Waals surface area contributed by atoms with Crippen LogP contribution in [-0.4, -0.2) is 19.8 Å². The highest BCUT2D eigenvalue weighted by molar-refractivity contribution is 6.31. The van der Waals surface area contributed by atoms with Gasteiger partial charge >= 0.3 is 5.69 Å². The molecule has 0 N–H and O–H groups in total. The molecule has 1 heterocycles. The van der Waals surface area contributed by atoms with Gasteiger partial charge in [-0.05, 0) is 41.6 Å². The summed E-state index contributed by atoms with van der Waals surface area (Å²) in [5.74, 6) is 0.0596. The highest BCUT2D eigenvalue weighted by atomic mass is 35.5. The second-order valence-electron chi connectivity index (χ2n) is 5.19. The van der Waals surface area contributed by atoms with Gasteiger partial charge in [-0.25, -0.2) is 9.18 Å². The maximum atomic E-state index is 13.6. The quantitative estimate of drug-likeness (QED) is 0.727. The number of halogens is 2. The molecule has 0 fully saturated rings. The van der Waals surface area contributed by atoms with Crippen LogP contribution in [0.25, 0.3) is 5.69 Å². The summed E-state index contributed by atoms with van der Waals surface area (Å²) in [7, 11) is 1.50. The third kappa shape index (κ3) is 2.90. The number of nitrogens with zero attached hydrogens (tertiary/aromatic N) is 4. The van der Waals surface area contributed by atoms with Crippen molar-refractivity contribution < 1.29 is 9.13 Å². The Morgan fingerprint density at radius 3 is 2.67 bits per heavy atom. The fourth-order valence-corrected chi connectivity index (χ4v) is 2.47. The van der Waals surface area contributed by atoms with Gasteiger partial charge in [-0.2, -0.15) is 9.36 Å². The Bertz CT molecular complexity index is 951. The molecule has 0 aliphatic rings. The van der Waals surface area contributed by atoms with Gasteiger partial charge < -0.3 is 4.74 Å². The number of ether oxygens (including phenoxy) is 1. The molecule has 0 spiro atoms. The van der Waals surface area contributed by atoms with Crippen LogP contribution in [0.4, 0.5) is 4.39 Å². The van der Waals surface area contributed by atoms with Gasteiger partial charge in [0.25, 0.3) is 0 Å². The fourth-order valence-electron chi connectivity index (χ4n) is 2.25. The lowest BCUT2D eigenvalue weighted by molar-refractivity contribution is 0.301. The van der Waals surface area contributed by atoms with E-state index in [2.05, 4.69) is 10.4 Å². The van der Waals surface area contributed by atoms with Crippen LogP contribution in [-0.2, 0) is 13.7 Å². The maximum absolute atomic E-state index is 13.6. The summed E-state index contributed by atoms with van der Waals surface area (Å²) < 4.78 is 21.6. The monoisotopic (exact) mass is 348 g/mol. The fraction of sp³-hybridized carbons (Fsp3) is 0.188. The summed E-state index contributed by atoms with van der Waals surface area (Å²) in [5.41, 5.74) is 1.03. The first-order valence-corrected chi connectivity index (χ1v) is 7.51. The Labute approximate surface area is 142 Å². The lowest BCUT2D eigenvalue weighted by Crippen LogP contribution is -2.23. The molecular formula is C16H14ClFN4O2. The van der Waals surface area contributed by atoms with Crippen molar-refractivity contribution in [3.05, 3.63) is 68.8 Å². The second kappa shape index (κ2) is 6.45. The molecule has 0 atom stereocenters. The Morgan fingerprint density at radius 1 is 1.21 bits per heavy atom. The van der Waals surface area contributed by atoms with Crippen LogP contribution in [0.3, 0.4) is 0 Å². The molecule has 3 aromatic rings. The average Bonchev–Trinajstić information content (AvgIpc) is 2.89. The van der Waals surface area contributed by atoms with Crippen LogP contribution in [0.15, 0.2) is 41.2 Å². The van der Waals surface area contributed by atoms with Crippen LogP contribution >= 0.6 is 11.6 Å². The third-order valence-corrected chi connectivity index (χ3v) is 3.99. The molecule has 124 valence electrons. The molecule has 8 heteroatoms. The van der Waals surface area contributed by atoms with Gasteiger partial charge in [0.1, 0.15) is 18.2 Å². The predicted octanol–water partition coefficient (Wildman–Crippen LogP) is 2.65. The number of tetrazole rings is 1. The Morgan fingerprint density at radius 2 is 1.96 bits per heavy atom. The molecule has 0 unspecified atom stereocenters. The molecule has 3 rings (SSSR count). The van der Waals surface area contributed by atoms with E-state index in [0.29, 0.717) is 27.6 Å². The lowest BCUT2D eigenvalue weighted by atomic mass is 10.2. The Balaban J connectivity index is 1.98. The summed E-state index contributed by atoms with van der Waals surface area (Å²) in [4.78, 5) is 12.1. The van der Waals surface area contributed by atoms with Crippen LogP contribution in [0.2, 0.25) is 5.02 Å². The van der Waals surface area contributed by atoms with Crippen LogP contribution in [0.1, 0.15) is 11.1 Å². The number of benzene rings is 2. The largest absolute Gasteiger partial charge is 0.488 e. The SMILES string of the molecule is Cc1c(F)cccc1OCc1c(Cl)cccc1-n1nnn(C)c1=O. The number of rotatable bonds is 4. The number of hydrogen-bond donors (Lipinski definition) is 0. The van der Waals surface area contributed by atoms with Crippen molar-refractivity contribution in [2.24, 2.45) is 7.05 Å². The van der Waals surface area contributed by atoms with Crippen molar-refractivity contribution >= 4 is 11.6 Å². The van der Waals surface area contributed by atoms with E-state index in [4.69, 9.17) is 16.3 Å². The van der Waals surface area contributed by atoms with E-state index >= 15 is 0 Å².